The first-order chi connectivity index (χ1) is 9.65. The van der Waals surface area contributed by atoms with Gasteiger partial charge in [-0.15, -0.1) is 0 Å². The quantitative estimate of drug-likeness (QED) is 0.900. The van der Waals surface area contributed by atoms with Crippen LogP contribution in [0.15, 0.2) is 28.9 Å². The summed E-state index contributed by atoms with van der Waals surface area (Å²) in [5.74, 6) is -0.0227. The van der Waals surface area contributed by atoms with Gasteiger partial charge in [-0.2, -0.15) is 5.10 Å². The van der Waals surface area contributed by atoms with Crippen LogP contribution in [0, 0.1) is 5.82 Å². The second-order valence-electron chi connectivity index (χ2n) is 4.89. The molecule has 104 valence electrons. The summed E-state index contributed by atoms with van der Waals surface area (Å²) in [4.78, 5) is 12.1. The van der Waals surface area contributed by atoms with Gasteiger partial charge in [0.15, 0.2) is 0 Å². The maximum absolute atomic E-state index is 13.0. The molecule has 1 amide bonds. The number of nitrogens with zero attached hydrogens (tertiary/aromatic N) is 1. The molecular weight excluding hydrogens is 325 g/mol. The van der Waals surface area contributed by atoms with Crippen LogP contribution in [0.25, 0.3) is 0 Å². The molecule has 2 aromatic rings. The van der Waals surface area contributed by atoms with E-state index >= 15 is 0 Å². The van der Waals surface area contributed by atoms with Crippen LogP contribution in [-0.2, 0) is 6.54 Å². The molecule has 0 bridgehead atoms. The van der Waals surface area contributed by atoms with Crippen LogP contribution in [0.1, 0.15) is 40.4 Å². The summed E-state index contributed by atoms with van der Waals surface area (Å²) in [7, 11) is 0. The van der Waals surface area contributed by atoms with Gasteiger partial charge in [0, 0.05) is 16.9 Å². The Kier molecular flexibility index (Phi) is 3.56. The van der Waals surface area contributed by atoms with Gasteiger partial charge in [-0.1, -0.05) is 22.0 Å². The summed E-state index contributed by atoms with van der Waals surface area (Å²) < 4.78 is 13.6. The van der Waals surface area contributed by atoms with E-state index in [-0.39, 0.29) is 11.7 Å². The van der Waals surface area contributed by atoms with Crippen molar-refractivity contribution in [2.24, 2.45) is 0 Å². The number of halogens is 2. The summed E-state index contributed by atoms with van der Waals surface area (Å²) in [5.41, 5.74) is 2.35. The van der Waals surface area contributed by atoms with E-state index in [9.17, 15) is 9.18 Å². The minimum Gasteiger partial charge on any atom is -0.348 e. The lowest BCUT2D eigenvalue weighted by Crippen LogP contribution is -2.23. The third kappa shape index (κ3) is 2.75. The molecule has 0 aliphatic heterocycles. The van der Waals surface area contributed by atoms with E-state index in [1.807, 2.05) is 0 Å². The van der Waals surface area contributed by atoms with E-state index in [0.717, 1.165) is 24.1 Å². The van der Waals surface area contributed by atoms with Crippen molar-refractivity contribution in [2.45, 2.75) is 25.3 Å². The first-order valence-corrected chi connectivity index (χ1v) is 7.20. The van der Waals surface area contributed by atoms with Gasteiger partial charge in [-0.25, -0.2) is 4.39 Å². The molecule has 1 heterocycles. The molecule has 6 heteroatoms. The van der Waals surface area contributed by atoms with Gasteiger partial charge in [0.1, 0.15) is 5.82 Å². The predicted octanol–water partition coefficient (Wildman–Crippen LogP) is 3.12. The molecule has 1 aliphatic carbocycles. The molecular formula is C14H13BrFN3O. The summed E-state index contributed by atoms with van der Waals surface area (Å²) >= 11 is 3.28. The summed E-state index contributed by atoms with van der Waals surface area (Å²) in [6, 6.07) is 4.41. The van der Waals surface area contributed by atoms with Crippen molar-refractivity contribution in [3.63, 3.8) is 0 Å². The first-order valence-electron chi connectivity index (χ1n) is 6.40. The Morgan fingerprint density at radius 2 is 2.30 bits per heavy atom. The highest BCUT2D eigenvalue weighted by molar-refractivity contribution is 9.10. The molecule has 2 N–H and O–H groups in total. The maximum Gasteiger partial charge on any atom is 0.255 e. The molecule has 3 rings (SSSR count). The molecule has 1 saturated carbocycles. The van der Waals surface area contributed by atoms with Gasteiger partial charge in [0.25, 0.3) is 5.91 Å². The highest BCUT2D eigenvalue weighted by Crippen LogP contribution is 2.40. The summed E-state index contributed by atoms with van der Waals surface area (Å²) in [6.07, 6.45) is 3.76. The Morgan fingerprint density at radius 1 is 1.50 bits per heavy atom. The van der Waals surface area contributed by atoms with Crippen molar-refractivity contribution >= 4 is 21.8 Å². The van der Waals surface area contributed by atoms with E-state index in [4.69, 9.17) is 0 Å². The molecule has 20 heavy (non-hydrogen) atoms. The van der Waals surface area contributed by atoms with Gasteiger partial charge in [0.05, 0.1) is 17.5 Å². The maximum atomic E-state index is 13.0. The van der Waals surface area contributed by atoms with Crippen molar-refractivity contribution in [1.82, 2.24) is 15.5 Å². The molecule has 0 unspecified atom stereocenters. The van der Waals surface area contributed by atoms with Crippen LogP contribution < -0.4 is 5.32 Å². The van der Waals surface area contributed by atoms with E-state index < -0.39 is 0 Å². The van der Waals surface area contributed by atoms with Crippen LogP contribution in [0.3, 0.4) is 0 Å². The van der Waals surface area contributed by atoms with E-state index in [2.05, 4.69) is 31.4 Å². The Balaban J connectivity index is 1.68. The molecule has 0 radical (unpaired) electrons. The zero-order valence-electron chi connectivity index (χ0n) is 10.6. The largest absolute Gasteiger partial charge is 0.348 e. The second-order valence-corrected chi connectivity index (χ2v) is 5.74. The number of nitrogens with one attached hydrogen (secondary N) is 2. The van der Waals surface area contributed by atoms with Crippen molar-refractivity contribution < 1.29 is 9.18 Å². The highest BCUT2D eigenvalue weighted by Gasteiger charge is 2.29. The average Bonchev–Trinajstić information content (AvgIpc) is 3.15. The fraction of sp³-hybridized carbons (Fsp3) is 0.286. The Labute approximate surface area is 123 Å². The van der Waals surface area contributed by atoms with Crippen LogP contribution in [-0.4, -0.2) is 16.1 Å². The van der Waals surface area contributed by atoms with E-state index in [1.165, 1.54) is 12.1 Å². The Hall–Kier alpha value is -1.69. The van der Waals surface area contributed by atoms with E-state index in [0.29, 0.717) is 22.5 Å². The number of aromatic nitrogens is 2. The fourth-order valence-corrected chi connectivity index (χ4v) is 2.59. The Bertz CT molecular complexity index is 652. The lowest BCUT2D eigenvalue weighted by Gasteiger charge is -2.07. The molecule has 0 atom stereocenters. The summed E-state index contributed by atoms with van der Waals surface area (Å²) in [5, 5.41) is 9.67. The molecule has 0 spiro atoms. The lowest BCUT2D eigenvalue weighted by molar-refractivity contribution is 0.0950. The smallest absolute Gasteiger partial charge is 0.255 e. The third-order valence-electron chi connectivity index (χ3n) is 3.35. The number of hydrogen-bond donors (Lipinski definition) is 2. The Morgan fingerprint density at radius 3 is 3.00 bits per heavy atom. The van der Waals surface area contributed by atoms with Gasteiger partial charge < -0.3 is 5.32 Å². The van der Waals surface area contributed by atoms with Crippen molar-refractivity contribution in [2.75, 3.05) is 0 Å². The number of rotatable bonds is 4. The molecule has 1 fully saturated rings. The minimum atomic E-state index is -0.308. The van der Waals surface area contributed by atoms with E-state index in [1.54, 1.807) is 12.3 Å². The van der Waals surface area contributed by atoms with Gasteiger partial charge in [0.2, 0.25) is 0 Å². The van der Waals surface area contributed by atoms with Crippen molar-refractivity contribution in [1.29, 1.82) is 0 Å². The monoisotopic (exact) mass is 337 g/mol. The number of benzene rings is 1. The lowest BCUT2D eigenvalue weighted by atomic mass is 10.1. The fourth-order valence-electron chi connectivity index (χ4n) is 2.10. The standard InChI is InChI=1S/C14H13BrFN3O/c15-12-5-10(16)4-3-9(12)6-17-14(20)11-7-18-19-13(11)8-1-2-8/h3-5,7-8H,1-2,6H2,(H,17,20)(H,18,19). The number of carbonyl (C=O) groups is 1. The number of hydrogen-bond acceptors (Lipinski definition) is 2. The number of carbonyl (C=O) groups excluding carboxylic acids is 1. The number of aromatic amines is 1. The second kappa shape index (κ2) is 5.36. The molecule has 4 nitrogen and oxygen atoms in total. The number of amides is 1. The average molecular weight is 338 g/mol. The van der Waals surface area contributed by atoms with Crippen LogP contribution in [0.5, 0.6) is 0 Å². The van der Waals surface area contributed by atoms with Gasteiger partial charge >= 0.3 is 0 Å². The zero-order chi connectivity index (χ0) is 14.1. The molecule has 1 aromatic heterocycles. The predicted molar refractivity (Wildman–Crippen MR) is 75.8 cm³/mol. The first kappa shape index (κ1) is 13.3. The highest BCUT2D eigenvalue weighted by atomic mass is 79.9. The van der Waals surface area contributed by atoms with Crippen LogP contribution >= 0.6 is 15.9 Å². The third-order valence-corrected chi connectivity index (χ3v) is 4.09. The van der Waals surface area contributed by atoms with Gasteiger partial charge in [-0.3, -0.25) is 9.89 Å². The summed E-state index contributed by atoms with van der Waals surface area (Å²) in [6.45, 7) is 0.342. The molecule has 1 aliphatic rings. The van der Waals surface area contributed by atoms with Gasteiger partial charge in [-0.05, 0) is 30.5 Å². The topological polar surface area (TPSA) is 57.8 Å². The molecule has 0 saturated heterocycles. The number of H-pyrrole nitrogens is 1. The molecule has 1 aromatic carbocycles. The van der Waals surface area contributed by atoms with Crippen LogP contribution in [0.4, 0.5) is 4.39 Å². The van der Waals surface area contributed by atoms with Crippen molar-refractivity contribution in [3.05, 3.63) is 51.5 Å². The normalized spacial score (nSPS) is 14.3. The zero-order valence-corrected chi connectivity index (χ0v) is 12.2. The van der Waals surface area contributed by atoms with Crippen LogP contribution in [0.2, 0.25) is 0 Å². The SMILES string of the molecule is O=C(NCc1ccc(F)cc1Br)c1cn[nH]c1C1CC1. The van der Waals surface area contributed by atoms with Crippen molar-refractivity contribution in [3.8, 4) is 0 Å². The minimum absolute atomic E-state index is 0.156.